The molecule has 4 saturated heterocycles. The number of halogens is 11. The third kappa shape index (κ3) is 23.0. The lowest BCUT2D eigenvalue weighted by atomic mass is 10.1. The lowest BCUT2D eigenvalue weighted by Gasteiger charge is -2.36. The molecule has 0 atom stereocenters. The summed E-state index contributed by atoms with van der Waals surface area (Å²) in [5.41, 5.74) is 3.71. The van der Waals surface area contributed by atoms with E-state index in [1.807, 2.05) is 36.4 Å². The molecule has 0 radical (unpaired) electrons. The van der Waals surface area contributed by atoms with E-state index in [2.05, 4.69) is 51.0 Å². The van der Waals surface area contributed by atoms with Gasteiger partial charge in [-0.2, -0.15) is 39.5 Å². The zero-order chi connectivity index (χ0) is 101. The molecule has 12 aromatic rings. The zero-order valence-electron chi connectivity index (χ0n) is 77.3. The van der Waals surface area contributed by atoms with Gasteiger partial charge in [-0.05, 0) is 223 Å². The third-order valence-corrected chi connectivity index (χ3v) is 26.3. The number of alkyl halides is 11. The van der Waals surface area contributed by atoms with Gasteiger partial charge in [-0.25, -0.2) is 28.7 Å². The van der Waals surface area contributed by atoms with Crippen molar-refractivity contribution in [1.29, 1.82) is 0 Å². The molecule has 4 aliphatic carbocycles. The molecule has 8 aromatic carbocycles. The molecule has 143 heavy (non-hydrogen) atoms. The zero-order valence-corrected chi connectivity index (χ0v) is 77.3. The van der Waals surface area contributed by atoms with Crippen LogP contribution in [0.1, 0.15) is 160 Å². The molecule has 2 spiro atoms. The molecule has 43 heteroatoms. The minimum atomic E-state index is -4.57. The maximum atomic E-state index is 13.1. The van der Waals surface area contributed by atoms with E-state index in [0.717, 1.165) is 113 Å². The van der Waals surface area contributed by atoms with Gasteiger partial charge in [0.15, 0.2) is 0 Å². The van der Waals surface area contributed by atoms with Crippen molar-refractivity contribution in [3.8, 4) is 0 Å². The van der Waals surface area contributed by atoms with E-state index < -0.39 is 65.3 Å². The summed E-state index contributed by atoms with van der Waals surface area (Å²) < 4.78 is 162. The molecule has 8 fully saturated rings. The number of aliphatic hydroxyl groups excluding tert-OH is 4. The molecule has 4 aliphatic heterocycles. The predicted octanol–water partition coefficient (Wildman–Crippen LogP) is 14.9. The molecule has 8 N–H and O–H groups in total. The van der Waals surface area contributed by atoms with Crippen LogP contribution in [0, 0.1) is 0 Å². The molecule has 4 aromatic heterocycles. The lowest BCUT2D eigenvalue weighted by molar-refractivity contribution is -0.138. The molecule has 32 nitrogen and oxygen atoms in total. The van der Waals surface area contributed by atoms with Gasteiger partial charge in [0.25, 0.3) is 41.9 Å². The van der Waals surface area contributed by atoms with Crippen LogP contribution in [-0.4, -0.2) is 231 Å². The number of ether oxygens (including phenoxy) is 2. The van der Waals surface area contributed by atoms with Gasteiger partial charge in [-0.1, -0.05) is 30.3 Å². The number of hydrogen-bond acceptors (Lipinski definition) is 20. The van der Waals surface area contributed by atoms with Crippen molar-refractivity contribution < 1.29 is 117 Å². The van der Waals surface area contributed by atoms with Gasteiger partial charge in [0.1, 0.15) is 13.2 Å². The quantitative estimate of drug-likeness (QED) is 0.0222. The second-order valence-electron chi connectivity index (χ2n) is 36.4. The van der Waals surface area contributed by atoms with Gasteiger partial charge in [-0.3, -0.25) is 69.4 Å². The summed E-state index contributed by atoms with van der Waals surface area (Å²) in [6.07, 6.45) is -5.41. The number of anilines is 8. The Morgan fingerprint density at radius 3 is 1.06 bits per heavy atom. The Hall–Kier alpha value is -13.7. The maximum absolute atomic E-state index is 13.1. The van der Waals surface area contributed by atoms with Gasteiger partial charge in [0, 0.05) is 154 Å². The highest BCUT2D eigenvalue weighted by Crippen LogP contribution is 2.49. The van der Waals surface area contributed by atoms with Crippen LogP contribution in [0.4, 0.5) is 94.8 Å². The van der Waals surface area contributed by atoms with Gasteiger partial charge in [-0.15, -0.1) is 0 Å². The van der Waals surface area contributed by atoms with Crippen LogP contribution < -0.4 is 40.9 Å². The summed E-state index contributed by atoms with van der Waals surface area (Å²) in [6.45, 7) is 6.07. The fourth-order valence-electron chi connectivity index (χ4n) is 18.5. The number of aryl methyl sites for hydroxylation is 4. The highest BCUT2D eigenvalue weighted by Gasteiger charge is 2.55. The van der Waals surface area contributed by atoms with E-state index in [4.69, 9.17) is 9.47 Å². The van der Waals surface area contributed by atoms with Gasteiger partial charge >= 0.3 is 18.5 Å². The second-order valence-corrected chi connectivity index (χ2v) is 36.4. The summed E-state index contributed by atoms with van der Waals surface area (Å²) in [5, 5.41) is 47.9. The van der Waals surface area contributed by atoms with Crippen LogP contribution in [0.3, 0.4) is 0 Å². The van der Waals surface area contributed by atoms with Crippen molar-refractivity contribution in [2.45, 2.75) is 164 Å². The van der Waals surface area contributed by atoms with Crippen molar-refractivity contribution in [1.82, 2.24) is 48.0 Å². The van der Waals surface area contributed by atoms with Crippen LogP contribution in [0.5, 0.6) is 0 Å². The number of nitrogens with one attached hydrogen (secondary N) is 4. The number of carbonyl (C=O) groups excluding carboxylic acids is 8. The van der Waals surface area contributed by atoms with Gasteiger partial charge in [0.2, 0.25) is 35.6 Å². The van der Waals surface area contributed by atoms with Crippen LogP contribution in [0.25, 0.3) is 44.1 Å². The number of aliphatic hydroxyl groups is 4. The number of benzene rings is 8. The number of amides is 8. The molecule has 20 rings (SSSR count). The SMILES string of the molecule is O=C(Nc1nc2cc(N3C(=O)COCC34CC4)ccc2n1CCCO)c1cccc(C(F)(F)F)c1.O=C(Nc1nc2cc(N3C(=O)COCC34CC4)ccc2n1CCCO)c1cccc(C(F)F)c1.O=C(Nc1nc2cc(N3CCCN(C4CC4)CC3=O)ccc2n1CCCO)c1cccc(C(F)(F)F)c1.O=C(Nc1nc2cc(N3CCN(C4CC4)CCC3=O)ccc2n1CCCO)c1cccc(C(F)(F)F)c1. The van der Waals surface area contributed by atoms with Crippen molar-refractivity contribution in [2.24, 2.45) is 0 Å². The van der Waals surface area contributed by atoms with E-state index in [-0.39, 0.29) is 126 Å². The molecule has 8 amide bonds. The largest absolute Gasteiger partial charge is 0.416 e. The Morgan fingerprint density at radius 2 is 0.720 bits per heavy atom. The van der Waals surface area contributed by atoms with E-state index in [9.17, 15) is 107 Å². The number of morpholine rings is 2. The number of carbonyl (C=O) groups is 8. The number of nitrogens with zero attached hydrogens (tertiary/aromatic N) is 14. The average molecular weight is 1990 g/mol. The Morgan fingerprint density at radius 1 is 0.385 bits per heavy atom. The summed E-state index contributed by atoms with van der Waals surface area (Å²) >= 11 is 0. The average Bonchev–Trinajstić information content (AvgIpc) is 1.58. The molecular weight excluding hydrogens is 1890 g/mol. The number of rotatable bonds is 27. The van der Waals surface area contributed by atoms with Gasteiger partial charge in [0.05, 0.1) is 91.7 Å². The number of fused-ring (bicyclic) bond motifs is 4. The third-order valence-electron chi connectivity index (χ3n) is 26.3. The Bertz CT molecular complexity index is 6620. The van der Waals surface area contributed by atoms with Crippen LogP contribution in [0.2, 0.25) is 0 Å². The monoisotopic (exact) mass is 1990 g/mol. The highest BCUT2D eigenvalue weighted by atomic mass is 19.4. The normalized spacial score (nSPS) is 17.2. The summed E-state index contributed by atoms with van der Waals surface area (Å²) in [7, 11) is 0. The van der Waals surface area contributed by atoms with Crippen LogP contribution >= 0.6 is 0 Å². The van der Waals surface area contributed by atoms with E-state index in [1.165, 1.54) is 67.4 Å². The molecule has 8 aliphatic rings. The predicted molar refractivity (Wildman–Crippen MR) is 507 cm³/mol. The number of hydrogen-bond donors (Lipinski definition) is 8. The molecule has 0 bridgehead atoms. The fraction of sp³-hybridized carbons (Fsp3) is 0.400. The van der Waals surface area contributed by atoms with Crippen molar-refractivity contribution in [3.05, 3.63) is 214 Å². The first-order valence-corrected chi connectivity index (χ1v) is 47.1. The van der Waals surface area contributed by atoms with E-state index in [0.29, 0.717) is 165 Å². The summed E-state index contributed by atoms with van der Waals surface area (Å²) in [4.78, 5) is 132. The molecule has 754 valence electrons. The smallest absolute Gasteiger partial charge is 0.396 e. The van der Waals surface area contributed by atoms with Gasteiger partial charge < -0.3 is 67.8 Å². The highest BCUT2D eigenvalue weighted by molar-refractivity contribution is 6.09. The van der Waals surface area contributed by atoms with Crippen LogP contribution in [-0.2, 0) is 73.4 Å². The van der Waals surface area contributed by atoms with Crippen LogP contribution in [0.15, 0.2) is 170 Å². The first-order chi connectivity index (χ1) is 68.6. The fourth-order valence-corrected chi connectivity index (χ4v) is 18.5. The van der Waals surface area contributed by atoms with Crippen molar-refractivity contribution in [3.63, 3.8) is 0 Å². The van der Waals surface area contributed by atoms with Crippen molar-refractivity contribution in [2.75, 3.05) is 133 Å². The molecule has 4 saturated carbocycles. The van der Waals surface area contributed by atoms with Crippen molar-refractivity contribution >= 4 is 138 Å². The minimum Gasteiger partial charge on any atom is -0.396 e. The topological polar surface area (TPSA) is 375 Å². The first kappa shape index (κ1) is 101. The Labute approximate surface area is 810 Å². The Kier molecular flexibility index (Phi) is 29.9. The summed E-state index contributed by atoms with van der Waals surface area (Å²) in [5.74, 6) is -2.23. The second kappa shape index (κ2) is 42.5. The lowest BCUT2D eigenvalue weighted by Crippen LogP contribution is -2.51. The first-order valence-electron chi connectivity index (χ1n) is 47.1. The number of aromatic nitrogens is 8. The molecule has 8 heterocycles. The number of imidazole rings is 4. The maximum Gasteiger partial charge on any atom is 0.416 e. The Balaban J connectivity index is 0.000000131. The molecule has 0 unspecified atom stereocenters. The summed E-state index contributed by atoms with van der Waals surface area (Å²) in [6, 6.07) is 40.6. The van der Waals surface area contributed by atoms with E-state index >= 15 is 0 Å². The molecular formula is C100H103F11N18O14. The standard InChI is InChI=1S/2C26H28F3N5O3.C24H23F3N4O4.C24H24F2N4O4/c27-26(28,29)18-5-1-4-17(14-18)24(37)31-25-30-21-15-20(8-9-22(21)34(25)12-3-13-35)33-11-2-10-32(16-23(33)36)19-6-7-19;27-26(28,29)18-4-1-3-17(15-18)24(37)31-25-30-21-16-20(7-8-22(21)34(25)10-2-14-35)33-13-12-32(19-5-6-19)11-9-23(33)36;25-24(26,27)16-4-1-3-15(11-16)21(34)29-22-28-18-12-17(5-6-19(18)30(22)9-2-10-32)31-20(33)13-35-14-23(31)7-8-23;25-21(26)15-3-1-4-16(11-15)22(33)28-23-27-18-12-17(5-6-19(18)29(23)9-2-10-31)30-20(32)13-34-14-24(30)7-8-24/h1,4-5,8-9,14-15,19,35H,2-3,6-7,10-13,16H2,(H,30,31,37);1,3-4,7-8,15-16,19,35H,2,5-6,9-14H2,(H,30,31,37);1,3-6,11-12,32H,2,7-10,13-14H2,(H,28,29,34);1,3-6,11-12,21,31H,2,7-10,13-14H2,(H,27,28,33). The van der Waals surface area contributed by atoms with E-state index in [1.54, 1.807) is 74.3 Å². The minimum absolute atomic E-state index is 0.00300.